The van der Waals surface area contributed by atoms with Crippen molar-refractivity contribution in [3.05, 3.63) is 29.8 Å². The van der Waals surface area contributed by atoms with E-state index in [-0.39, 0.29) is 17.1 Å². The highest BCUT2D eigenvalue weighted by molar-refractivity contribution is 7.89. The van der Waals surface area contributed by atoms with Crippen LogP contribution in [0.15, 0.2) is 29.2 Å². The molecule has 0 saturated heterocycles. The lowest BCUT2D eigenvalue weighted by molar-refractivity contribution is -0.149. The van der Waals surface area contributed by atoms with E-state index in [1.165, 1.54) is 28.6 Å². The third kappa shape index (κ3) is 3.16. The van der Waals surface area contributed by atoms with Gasteiger partial charge in [-0.2, -0.15) is 4.31 Å². The Hall–Kier alpha value is -1.93. The van der Waals surface area contributed by atoms with Gasteiger partial charge in [-0.25, -0.2) is 8.42 Å². The first-order chi connectivity index (χ1) is 11.2. The second kappa shape index (κ2) is 6.52. The van der Waals surface area contributed by atoms with E-state index in [0.717, 1.165) is 0 Å². The van der Waals surface area contributed by atoms with Gasteiger partial charge < -0.3 is 10.5 Å². The number of esters is 1. The van der Waals surface area contributed by atoms with E-state index >= 15 is 0 Å². The molecule has 0 bridgehead atoms. The molecule has 1 saturated carbocycles. The first-order valence-electron chi connectivity index (χ1n) is 7.78. The SMILES string of the molecule is CCOC(=O)C1(N(C(C)C)S(=O)(=O)c2cccc(C(N)=O)c2)CC1. The van der Waals surface area contributed by atoms with Gasteiger partial charge in [0.05, 0.1) is 11.5 Å². The van der Waals surface area contributed by atoms with Crippen molar-refractivity contribution in [2.24, 2.45) is 5.73 Å². The topological polar surface area (TPSA) is 107 Å². The summed E-state index contributed by atoms with van der Waals surface area (Å²) >= 11 is 0. The Bertz CT molecular complexity index is 753. The Labute approximate surface area is 141 Å². The monoisotopic (exact) mass is 354 g/mol. The van der Waals surface area contributed by atoms with E-state index < -0.39 is 33.5 Å². The Kier molecular flexibility index (Phi) is 5.00. The van der Waals surface area contributed by atoms with Crippen molar-refractivity contribution >= 4 is 21.9 Å². The average molecular weight is 354 g/mol. The largest absolute Gasteiger partial charge is 0.465 e. The zero-order valence-electron chi connectivity index (χ0n) is 14.0. The fourth-order valence-corrected chi connectivity index (χ4v) is 4.85. The minimum atomic E-state index is -3.99. The number of hydrogen-bond donors (Lipinski definition) is 1. The van der Waals surface area contributed by atoms with Crippen LogP contribution < -0.4 is 5.73 Å². The number of sulfonamides is 1. The van der Waals surface area contributed by atoms with Crippen molar-refractivity contribution in [1.29, 1.82) is 0 Å². The third-order valence-corrected chi connectivity index (χ3v) is 6.08. The van der Waals surface area contributed by atoms with Gasteiger partial charge in [-0.3, -0.25) is 9.59 Å². The van der Waals surface area contributed by atoms with Crippen LogP contribution in [-0.2, 0) is 19.6 Å². The highest BCUT2D eigenvalue weighted by atomic mass is 32.2. The number of nitrogens with two attached hydrogens (primary N) is 1. The number of benzene rings is 1. The van der Waals surface area contributed by atoms with Crippen molar-refractivity contribution in [3.63, 3.8) is 0 Å². The maximum absolute atomic E-state index is 13.1. The van der Waals surface area contributed by atoms with Crippen LogP contribution in [0.4, 0.5) is 0 Å². The molecule has 2 N–H and O–H groups in total. The van der Waals surface area contributed by atoms with E-state index in [4.69, 9.17) is 10.5 Å². The van der Waals surface area contributed by atoms with Crippen molar-refractivity contribution < 1.29 is 22.7 Å². The number of carbonyl (C=O) groups excluding carboxylic acids is 2. The maximum Gasteiger partial charge on any atom is 0.327 e. The number of ether oxygens (including phenoxy) is 1. The molecule has 0 aliphatic heterocycles. The molecule has 2 rings (SSSR count). The Morgan fingerprint density at radius 2 is 1.96 bits per heavy atom. The molecule has 1 fully saturated rings. The summed E-state index contributed by atoms with van der Waals surface area (Å²) in [6.07, 6.45) is 0.831. The molecule has 1 aromatic carbocycles. The molecule has 0 aromatic heterocycles. The first kappa shape index (κ1) is 18.4. The van der Waals surface area contributed by atoms with Gasteiger partial charge in [-0.15, -0.1) is 0 Å². The zero-order chi connectivity index (χ0) is 18.1. The van der Waals surface area contributed by atoms with Gasteiger partial charge in [0.15, 0.2) is 0 Å². The second-order valence-electron chi connectivity index (χ2n) is 6.04. The molecule has 132 valence electrons. The Morgan fingerprint density at radius 3 is 2.42 bits per heavy atom. The molecule has 1 amide bonds. The van der Waals surface area contributed by atoms with E-state index in [2.05, 4.69) is 0 Å². The fourth-order valence-electron chi connectivity index (χ4n) is 2.82. The highest BCUT2D eigenvalue weighted by Gasteiger charge is 2.61. The first-order valence-corrected chi connectivity index (χ1v) is 9.22. The molecule has 1 aliphatic carbocycles. The summed E-state index contributed by atoms with van der Waals surface area (Å²) in [5.41, 5.74) is 4.16. The van der Waals surface area contributed by atoms with E-state index in [9.17, 15) is 18.0 Å². The van der Waals surface area contributed by atoms with E-state index in [1.807, 2.05) is 0 Å². The molecule has 24 heavy (non-hydrogen) atoms. The molecule has 0 unspecified atom stereocenters. The van der Waals surface area contributed by atoms with Crippen LogP contribution in [0.25, 0.3) is 0 Å². The number of nitrogens with zero attached hydrogens (tertiary/aromatic N) is 1. The number of hydrogen-bond acceptors (Lipinski definition) is 5. The van der Waals surface area contributed by atoms with Gasteiger partial charge in [0.25, 0.3) is 0 Å². The molecule has 0 atom stereocenters. The van der Waals surface area contributed by atoms with Crippen LogP contribution in [0.1, 0.15) is 44.0 Å². The normalized spacial score (nSPS) is 16.2. The summed E-state index contributed by atoms with van der Waals surface area (Å²) in [5.74, 6) is -1.25. The van der Waals surface area contributed by atoms with Crippen LogP contribution in [0.2, 0.25) is 0 Å². The summed E-state index contributed by atoms with van der Waals surface area (Å²) in [6, 6.07) is 5.07. The van der Waals surface area contributed by atoms with Crippen LogP contribution in [0.3, 0.4) is 0 Å². The minimum absolute atomic E-state index is 0.0666. The Morgan fingerprint density at radius 1 is 1.33 bits per heavy atom. The van der Waals surface area contributed by atoms with Gasteiger partial charge >= 0.3 is 5.97 Å². The van der Waals surface area contributed by atoms with E-state index in [1.54, 1.807) is 20.8 Å². The molecule has 7 nitrogen and oxygen atoms in total. The lowest BCUT2D eigenvalue weighted by Crippen LogP contribution is -2.51. The van der Waals surface area contributed by atoms with Crippen LogP contribution in [0.5, 0.6) is 0 Å². The summed E-state index contributed by atoms with van der Waals surface area (Å²) in [7, 11) is -3.99. The lowest BCUT2D eigenvalue weighted by Gasteiger charge is -2.32. The summed E-state index contributed by atoms with van der Waals surface area (Å²) in [6.45, 7) is 5.27. The maximum atomic E-state index is 13.1. The number of amides is 1. The fraction of sp³-hybridized carbons (Fsp3) is 0.500. The summed E-state index contributed by atoms with van der Waals surface area (Å²) < 4.78 is 32.5. The van der Waals surface area contributed by atoms with Gasteiger partial charge in [0.1, 0.15) is 5.54 Å². The van der Waals surface area contributed by atoms with Gasteiger partial charge in [0.2, 0.25) is 15.9 Å². The van der Waals surface area contributed by atoms with Crippen LogP contribution in [-0.4, -0.2) is 42.8 Å². The summed E-state index contributed by atoms with van der Waals surface area (Å²) in [4.78, 5) is 23.6. The minimum Gasteiger partial charge on any atom is -0.465 e. The average Bonchev–Trinajstić information content (AvgIpc) is 3.28. The van der Waals surface area contributed by atoms with Crippen LogP contribution in [0, 0.1) is 0 Å². The lowest BCUT2D eigenvalue weighted by atomic mass is 10.2. The van der Waals surface area contributed by atoms with Crippen molar-refractivity contribution in [1.82, 2.24) is 4.31 Å². The predicted molar refractivity (Wildman–Crippen MR) is 87.7 cm³/mol. The third-order valence-electron chi connectivity index (χ3n) is 3.95. The highest BCUT2D eigenvalue weighted by Crippen LogP contribution is 2.46. The standard InChI is InChI=1S/C16H22N2O5S/c1-4-23-15(20)16(8-9-16)18(11(2)3)24(21,22)13-7-5-6-12(10-13)14(17)19/h5-7,10-11H,4,8-9H2,1-3H3,(H2,17,19). The molecule has 0 radical (unpaired) electrons. The second-order valence-corrected chi connectivity index (χ2v) is 7.85. The molecular formula is C16H22N2O5S. The Balaban J connectivity index is 2.50. The molecule has 1 aromatic rings. The molecule has 0 spiro atoms. The zero-order valence-corrected chi connectivity index (χ0v) is 14.8. The molecule has 0 heterocycles. The molecule has 1 aliphatic rings. The van der Waals surface area contributed by atoms with Gasteiger partial charge in [-0.1, -0.05) is 6.07 Å². The number of carbonyl (C=O) groups is 2. The van der Waals surface area contributed by atoms with Gasteiger partial charge in [0, 0.05) is 11.6 Å². The van der Waals surface area contributed by atoms with Gasteiger partial charge in [-0.05, 0) is 51.8 Å². The number of rotatable bonds is 7. The quantitative estimate of drug-likeness (QED) is 0.742. The smallest absolute Gasteiger partial charge is 0.327 e. The van der Waals surface area contributed by atoms with Crippen molar-refractivity contribution in [2.45, 2.75) is 50.1 Å². The van der Waals surface area contributed by atoms with E-state index in [0.29, 0.717) is 12.8 Å². The van der Waals surface area contributed by atoms with Crippen molar-refractivity contribution in [2.75, 3.05) is 6.61 Å². The summed E-state index contributed by atoms with van der Waals surface area (Å²) in [5, 5.41) is 0. The predicted octanol–water partition coefficient (Wildman–Crippen LogP) is 1.28. The molecule has 8 heteroatoms. The molecular weight excluding hydrogens is 332 g/mol. The van der Waals surface area contributed by atoms with Crippen LogP contribution >= 0.6 is 0 Å². The van der Waals surface area contributed by atoms with Crippen molar-refractivity contribution in [3.8, 4) is 0 Å². The number of primary amides is 1.